The summed E-state index contributed by atoms with van der Waals surface area (Å²) in [6.07, 6.45) is 0. The molecule has 0 fully saturated rings. The van der Waals surface area contributed by atoms with E-state index in [9.17, 15) is 4.79 Å². The normalized spacial score (nSPS) is 10.7. The first-order chi connectivity index (χ1) is 11.1. The van der Waals surface area contributed by atoms with E-state index in [0.717, 1.165) is 20.9 Å². The number of para-hydroxylation sites is 2. The highest BCUT2D eigenvalue weighted by molar-refractivity contribution is 7.18. The van der Waals surface area contributed by atoms with Crippen molar-refractivity contribution < 1.29 is 4.79 Å². The highest BCUT2D eigenvalue weighted by Gasteiger charge is 2.14. The number of thiazole rings is 1. The summed E-state index contributed by atoms with van der Waals surface area (Å²) in [4.78, 5) is 20.7. The molecule has 0 saturated carbocycles. The standard InChI is InChI=1S/C18H19N3OS/c1-20(14-8-4-3-5-9-14)13-18(22)21(2)12-17-19-15-10-6-7-11-16(15)23-17/h3-11H,12-13H2,1-2H3. The van der Waals surface area contributed by atoms with Crippen molar-refractivity contribution in [3.05, 3.63) is 59.6 Å². The molecule has 0 aliphatic heterocycles. The SMILES string of the molecule is CN(Cc1nc2ccccc2s1)C(=O)CN(C)c1ccccc1. The lowest BCUT2D eigenvalue weighted by Crippen LogP contribution is -2.36. The predicted octanol–water partition coefficient (Wildman–Crippen LogP) is 3.39. The Morgan fingerprint density at radius 1 is 1.04 bits per heavy atom. The predicted molar refractivity (Wildman–Crippen MR) is 95.8 cm³/mol. The van der Waals surface area contributed by atoms with Gasteiger partial charge in [-0.25, -0.2) is 4.98 Å². The molecule has 0 saturated heterocycles. The second-order valence-corrected chi connectivity index (χ2v) is 6.63. The highest BCUT2D eigenvalue weighted by Crippen LogP contribution is 2.22. The van der Waals surface area contributed by atoms with Gasteiger partial charge >= 0.3 is 0 Å². The Balaban J connectivity index is 1.63. The van der Waals surface area contributed by atoms with Crippen LogP contribution >= 0.6 is 11.3 Å². The van der Waals surface area contributed by atoms with Gasteiger partial charge in [-0.2, -0.15) is 0 Å². The molecule has 0 unspecified atom stereocenters. The number of hydrogen-bond acceptors (Lipinski definition) is 4. The molecule has 4 nitrogen and oxygen atoms in total. The molecule has 3 rings (SSSR count). The minimum absolute atomic E-state index is 0.0793. The van der Waals surface area contributed by atoms with Crippen molar-refractivity contribution in [2.24, 2.45) is 0 Å². The van der Waals surface area contributed by atoms with Gasteiger partial charge in [-0.1, -0.05) is 30.3 Å². The molecular formula is C18H19N3OS. The van der Waals surface area contributed by atoms with Crippen LogP contribution in [0.25, 0.3) is 10.2 Å². The Morgan fingerprint density at radius 3 is 2.48 bits per heavy atom. The maximum Gasteiger partial charge on any atom is 0.242 e. The van der Waals surface area contributed by atoms with Crippen molar-refractivity contribution in [3.63, 3.8) is 0 Å². The summed E-state index contributed by atoms with van der Waals surface area (Å²) < 4.78 is 1.16. The van der Waals surface area contributed by atoms with Gasteiger partial charge in [-0.15, -0.1) is 11.3 Å². The number of fused-ring (bicyclic) bond motifs is 1. The first-order valence-corrected chi connectivity index (χ1v) is 8.30. The summed E-state index contributed by atoms with van der Waals surface area (Å²) in [5.41, 5.74) is 2.03. The van der Waals surface area contributed by atoms with Crippen molar-refractivity contribution >= 4 is 33.1 Å². The van der Waals surface area contributed by atoms with Gasteiger partial charge in [0.05, 0.1) is 23.3 Å². The molecule has 0 N–H and O–H groups in total. The Morgan fingerprint density at radius 2 is 1.74 bits per heavy atom. The Kier molecular flexibility index (Phi) is 4.57. The minimum atomic E-state index is 0.0793. The number of hydrogen-bond donors (Lipinski definition) is 0. The van der Waals surface area contributed by atoms with Crippen LogP contribution in [-0.4, -0.2) is 36.4 Å². The molecular weight excluding hydrogens is 306 g/mol. The first-order valence-electron chi connectivity index (χ1n) is 7.48. The number of amides is 1. The number of aromatic nitrogens is 1. The third-order valence-electron chi connectivity index (χ3n) is 3.71. The van der Waals surface area contributed by atoms with Crippen molar-refractivity contribution in [2.75, 3.05) is 25.5 Å². The Hall–Kier alpha value is -2.40. The van der Waals surface area contributed by atoms with Crippen LogP contribution in [0.4, 0.5) is 5.69 Å². The van der Waals surface area contributed by atoms with Crippen molar-refractivity contribution in [1.29, 1.82) is 0 Å². The van der Waals surface area contributed by atoms with Crippen LogP contribution in [0, 0.1) is 0 Å². The molecule has 1 heterocycles. The van der Waals surface area contributed by atoms with E-state index in [-0.39, 0.29) is 5.91 Å². The van der Waals surface area contributed by atoms with Gasteiger partial charge in [0, 0.05) is 19.8 Å². The second kappa shape index (κ2) is 6.79. The molecule has 0 atom stereocenters. The lowest BCUT2D eigenvalue weighted by Gasteiger charge is -2.22. The molecule has 1 amide bonds. The number of likely N-dealkylation sites (N-methyl/N-ethyl adjacent to an activating group) is 2. The largest absolute Gasteiger partial charge is 0.365 e. The molecule has 0 spiro atoms. The first kappa shape index (κ1) is 15.5. The zero-order chi connectivity index (χ0) is 16.2. The summed E-state index contributed by atoms with van der Waals surface area (Å²) >= 11 is 1.64. The molecule has 1 aromatic heterocycles. The average Bonchev–Trinajstić information content (AvgIpc) is 2.97. The summed E-state index contributed by atoms with van der Waals surface area (Å²) in [6.45, 7) is 0.895. The van der Waals surface area contributed by atoms with E-state index >= 15 is 0 Å². The molecule has 0 radical (unpaired) electrons. The monoisotopic (exact) mass is 325 g/mol. The molecule has 0 aliphatic carbocycles. The molecule has 2 aromatic carbocycles. The average molecular weight is 325 g/mol. The maximum atomic E-state index is 12.4. The van der Waals surface area contributed by atoms with Gasteiger partial charge in [0.2, 0.25) is 5.91 Å². The van der Waals surface area contributed by atoms with Gasteiger partial charge in [-0.3, -0.25) is 4.79 Å². The van der Waals surface area contributed by atoms with Crippen molar-refractivity contribution in [1.82, 2.24) is 9.88 Å². The lowest BCUT2D eigenvalue weighted by molar-refractivity contribution is -0.128. The lowest BCUT2D eigenvalue weighted by atomic mass is 10.3. The third kappa shape index (κ3) is 3.68. The van der Waals surface area contributed by atoms with E-state index in [4.69, 9.17) is 0 Å². The molecule has 0 aliphatic rings. The zero-order valence-electron chi connectivity index (χ0n) is 13.3. The third-order valence-corrected chi connectivity index (χ3v) is 4.73. The van der Waals surface area contributed by atoms with E-state index in [1.54, 1.807) is 16.2 Å². The topological polar surface area (TPSA) is 36.4 Å². The Labute approximate surface area is 140 Å². The molecule has 23 heavy (non-hydrogen) atoms. The number of anilines is 1. The van der Waals surface area contributed by atoms with E-state index < -0.39 is 0 Å². The van der Waals surface area contributed by atoms with E-state index in [0.29, 0.717) is 13.1 Å². The van der Waals surface area contributed by atoms with Crippen LogP contribution < -0.4 is 4.90 Å². The number of carbonyl (C=O) groups excluding carboxylic acids is 1. The van der Waals surface area contributed by atoms with Crippen LogP contribution in [0.3, 0.4) is 0 Å². The summed E-state index contributed by atoms with van der Waals surface area (Å²) in [6, 6.07) is 18.0. The van der Waals surface area contributed by atoms with Crippen LogP contribution in [0.15, 0.2) is 54.6 Å². The minimum Gasteiger partial charge on any atom is -0.365 e. The van der Waals surface area contributed by atoms with Crippen LogP contribution in [-0.2, 0) is 11.3 Å². The van der Waals surface area contributed by atoms with Crippen molar-refractivity contribution in [3.8, 4) is 0 Å². The molecule has 5 heteroatoms. The van der Waals surface area contributed by atoms with E-state index in [1.807, 2.05) is 67.5 Å². The van der Waals surface area contributed by atoms with E-state index in [1.165, 1.54) is 0 Å². The van der Waals surface area contributed by atoms with Crippen LogP contribution in [0.5, 0.6) is 0 Å². The highest BCUT2D eigenvalue weighted by atomic mass is 32.1. The smallest absolute Gasteiger partial charge is 0.242 e. The number of nitrogens with zero attached hydrogens (tertiary/aromatic N) is 3. The summed E-state index contributed by atoms with van der Waals surface area (Å²) in [7, 11) is 3.76. The summed E-state index contributed by atoms with van der Waals surface area (Å²) in [5, 5.41) is 0.962. The van der Waals surface area contributed by atoms with Gasteiger partial charge in [0.15, 0.2) is 0 Å². The zero-order valence-corrected chi connectivity index (χ0v) is 14.1. The number of rotatable bonds is 5. The fourth-order valence-electron chi connectivity index (χ4n) is 2.38. The van der Waals surface area contributed by atoms with Crippen LogP contribution in [0.2, 0.25) is 0 Å². The van der Waals surface area contributed by atoms with E-state index in [2.05, 4.69) is 11.1 Å². The fourth-order valence-corrected chi connectivity index (χ4v) is 3.40. The van der Waals surface area contributed by atoms with Gasteiger partial charge in [0.25, 0.3) is 0 Å². The van der Waals surface area contributed by atoms with Gasteiger partial charge < -0.3 is 9.80 Å². The quantitative estimate of drug-likeness (QED) is 0.721. The number of benzene rings is 2. The maximum absolute atomic E-state index is 12.4. The van der Waals surface area contributed by atoms with Crippen LogP contribution in [0.1, 0.15) is 5.01 Å². The van der Waals surface area contributed by atoms with Gasteiger partial charge in [-0.05, 0) is 24.3 Å². The molecule has 118 valence electrons. The van der Waals surface area contributed by atoms with Gasteiger partial charge in [0.1, 0.15) is 5.01 Å². The molecule has 0 bridgehead atoms. The Bertz CT molecular complexity index is 767. The summed E-state index contributed by atoms with van der Waals surface area (Å²) in [5.74, 6) is 0.0793. The fraction of sp³-hybridized carbons (Fsp3) is 0.222. The number of carbonyl (C=O) groups is 1. The molecule has 3 aromatic rings. The second-order valence-electron chi connectivity index (χ2n) is 5.52. The van der Waals surface area contributed by atoms with Crippen molar-refractivity contribution in [2.45, 2.75) is 6.54 Å².